The van der Waals surface area contributed by atoms with Crippen molar-refractivity contribution in [2.45, 2.75) is 27.2 Å². The molecule has 0 radical (unpaired) electrons. The van der Waals surface area contributed by atoms with Crippen LogP contribution in [0.1, 0.15) is 25.0 Å². The highest BCUT2D eigenvalue weighted by Crippen LogP contribution is 2.24. The average Bonchev–Trinajstić information content (AvgIpc) is 2.21. The summed E-state index contributed by atoms with van der Waals surface area (Å²) in [6, 6.07) is 6.31. The van der Waals surface area contributed by atoms with E-state index >= 15 is 0 Å². The number of hydrogen-bond donors (Lipinski definition) is 0. The van der Waals surface area contributed by atoms with Crippen LogP contribution in [0.25, 0.3) is 0 Å². The lowest BCUT2D eigenvalue weighted by molar-refractivity contribution is 0.245. The Morgan fingerprint density at radius 3 is 2.73 bits per heavy atom. The third kappa shape index (κ3) is 3.17. The highest BCUT2D eigenvalue weighted by Gasteiger charge is 2.02. The first-order chi connectivity index (χ1) is 7.19. The molecule has 0 heterocycles. The number of hydrogen-bond acceptors (Lipinski definition) is 2. The number of aryl methyl sites for hydroxylation is 2. The van der Waals surface area contributed by atoms with Gasteiger partial charge in [-0.3, -0.25) is 4.99 Å². The van der Waals surface area contributed by atoms with Crippen LogP contribution in [0.4, 0.5) is 5.69 Å². The van der Waals surface area contributed by atoms with E-state index in [1.54, 1.807) is 7.11 Å². The SMILES string of the molecule is CCc1cccc(C)c1/N=C(\C)COC. The third-order valence-electron chi connectivity index (χ3n) is 2.36. The van der Waals surface area contributed by atoms with E-state index in [9.17, 15) is 0 Å². The summed E-state index contributed by atoms with van der Waals surface area (Å²) in [5.41, 5.74) is 4.64. The molecule has 2 nitrogen and oxygen atoms in total. The molecule has 0 aromatic heterocycles. The topological polar surface area (TPSA) is 21.6 Å². The molecule has 0 saturated heterocycles. The molecule has 1 aromatic rings. The van der Waals surface area contributed by atoms with Crippen LogP contribution in [0.15, 0.2) is 23.2 Å². The van der Waals surface area contributed by atoms with E-state index in [4.69, 9.17) is 4.74 Å². The summed E-state index contributed by atoms with van der Waals surface area (Å²) in [6.45, 7) is 6.84. The fraction of sp³-hybridized carbons (Fsp3) is 0.462. The van der Waals surface area contributed by atoms with Gasteiger partial charge >= 0.3 is 0 Å². The molecule has 0 bridgehead atoms. The van der Waals surface area contributed by atoms with Crippen molar-refractivity contribution < 1.29 is 4.74 Å². The molecule has 0 saturated carbocycles. The Morgan fingerprint density at radius 2 is 2.13 bits per heavy atom. The summed E-state index contributed by atoms with van der Waals surface area (Å²) < 4.78 is 5.06. The highest BCUT2D eigenvalue weighted by molar-refractivity contribution is 5.86. The zero-order valence-electron chi connectivity index (χ0n) is 10.0. The largest absolute Gasteiger partial charge is 0.379 e. The van der Waals surface area contributed by atoms with Gasteiger partial charge in [0.2, 0.25) is 0 Å². The van der Waals surface area contributed by atoms with E-state index in [-0.39, 0.29) is 0 Å². The maximum Gasteiger partial charge on any atom is 0.0842 e. The van der Waals surface area contributed by atoms with E-state index < -0.39 is 0 Å². The van der Waals surface area contributed by atoms with Crippen molar-refractivity contribution in [2.24, 2.45) is 4.99 Å². The lowest BCUT2D eigenvalue weighted by Gasteiger charge is -2.07. The standard InChI is InChI=1S/C13H19NO/c1-5-12-8-6-7-10(2)13(12)14-11(3)9-15-4/h6-8H,5,9H2,1-4H3/b14-11+. The maximum atomic E-state index is 5.06. The minimum atomic E-state index is 0.595. The fourth-order valence-corrected chi connectivity index (χ4v) is 1.60. The first-order valence-electron chi connectivity index (χ1n) is 5.30. The van der Waals surface area contributed by atoms with Gasteiger partial charge in [-0.15, -0.1) is 0 Å². The third-order valence-corrected chi connectivity index (χ3v) is 2.36. The predicted octanol–water partition coefficient (Wildman–Crippen LogP) is 3.30. The molecule has 1 rings (SSSR count). The van der Waals surface area contributed by atoms with Gasteiger partial charge in [0, 0.05) is 12.8 Å². The van der Waals surface area contributed by atoms with Crippen LogP contribution < -0.4 is 0 Å². The summed E-state index contributed by atoms with van der Waals surface area (Å²) in [5.74, 6) is 0. The van der Waals surface area contributed by atoms with Crippen LogP contribution >= 0.6 is 0 Å². The summed E-state index contributed by atoms with van der Waals surface area (Å²) in [7, 11) is 1.69. The number of nitrogens with zero attached hydrogens (tertiary/aromatic N) is 1. The number of para-hydroxylation sites is 1. The molecule has 1 aromatic carbocycles. The van der Waals surface area contributed by atoms with Crippen molar-refractivity contribution in [3.63, 3.8) is 0 Å². The second-order valence-electron chi connectivity index (χ2n) is 3.72. The first-order valence-corrected chi connectivity index (χ1v) is 5.30. The molecule has 0 spiro atoms. The van der Waals surface area contributed by atoms with Crippen molar-refractivity contribution in [3.8, 4) is 0 Å². The Labute approximate surface area is 92.0 Å². The van der Waals surface area contributed by atoms with Crippen LogP contribution in [0, 0.1) is 6.92 Å². The lowest BCUT2D eigenvalue weighted by Crippen LogP contribution is -2.01. The normalized spacial score (nSPS) is 11.9. The van der Waals surface area contributed by atoms with Gasteiger partial charge in [0.15, 0.2) is 0 Å². The molecule has 0 unspecified atom stereocenters. The molecular weight excluding hydrogens is 186 g/mol. The van der Waals surface area contributed by atoms with Crippen molar-refractivity contribution in [1.29, 1.82) is 0 Å². The van der Waals surface area contributed by atoms with Crippen molar-refractivity contribution in [2.75, 3.05) is 13.7 Å². The maximum absolute atomic E-state index is 5.06. The quantitative estimate of drug-likeness (QED) is 0.691. The Kier molecular flexibility index (Phi) is 4.50. The van der Waals surface area contributed by atoms with Gasteiger partial charge in [-0.2, -0.15) is 0 Å². The Hall–Kier alpha value is -1.15. The molecule has 0 aliphatic heterocycles. The number of methoxy groups -OCH3 is 1. The van der Waals surface area contributed by atoms with Gasteiger partial charge in [0.05, 0.1) is 12.3 Å². The molecule has 15 heavy (non-hydrogen) atoms. The minimum absolute atomic E-state index is 0.595. The second-order valence-corrected chi connectivity index (χ2v) is 3.72. The van der Waals surface area contributed by atoms with E-state index in [1.807, 2.05) is 6.92 Å². The molecule has 0 amide bonds. The van der Waals surface area contributed by atoms with Crippen LogP contribution in [0.3, 0.4) is 0 Å². The summed E-state index contributed by atoms with van der Waals surface area (Å²) in [5, 5.41) is 0. The molecule has 82 valence electrons. The Morgan fingerprint density at radius 1 is 1.40 bits per heavy atom. The number of ether oxygens (including phenoxy) is 1. The molecule has 0 aliphatic rings. The van der Waals surface area contributed by atoms with Crippen LogP contribution in [-0.2, 0) is 11.2 Å². The zero-order valence-corrected chi connectivity index (χ0v) is 10.0. The van der Waals surface area contributed by atoms with E-state index in [1.165, 1.54) is 11.1 Å². The van der Waals surface area contributed by atoms with Crippen molar-refractivity contribution in [3.05, 3.63) is 29.3 Å². The zero-order chi connectivity index (χ0) is 11.3. The second kappa shape index (κ2) is 5.66. The molecule has 0 aliphatic carbocycles. The summed E-state index contributed by atoms with van der Waals surface area (Å²) in [6.07, 6.45) is 1.01. The van der Waals surface area contributed by atoms with Gasteiger partial charge in [-0.05, 0) is 31.4 Å². The van der Waals surface area contributed by atoms with E-state index in [0.717, 1.165) is 17.8 Å². The van der Waals surface area contributed by atoms with Gasteiger partial charge in [-0.25, -0.2) is 0 Å². The molecule has 2 heteroatoms. The number of rotatable bonds is 4. The molecule has 0 fully saturated rings. The number of benzene rings is 1. The predicted molar refractivity (Wildman–Crippen MR) is 65.2 cm³/mol. The molecule has 0 atom stereocenters. The molecular formula is C13H19NO. The lowest BCUT2D eigenvalue weighted by atomic mass is 10.1. The monoisotopic (exact) mass is 205 g/mol. The van der Waals surface area contributed by atoms with Crippen LogP contribution in [0.5, 0.6) is 0 Å². The smallest absolute Gasteiger partial charge is 0.0842 e. The van der Waals surface area contributed by atoms with Gasteiger partial charge < -0.3 is 4.74 Å². The van der Waals surface area contributed by atoms with Crippen LogP contribution in [-0.4, -0.2) is 19.4 Å². The van der Waals surface area contributed by atoms with Crippen molar-refractivity contribution in [1.82, 2.24) is 0 Å². The highest BCUT2D eigenvalue weighted by atomic mass is 16.5. The minimum Gasteiger partial charge on any atom is -0.379 e. The van der Waals surface area contributed by atoms with Crippen LogP contribution in [0.2, 0.25) is 0 Å². The summed E-state index contributed by atoms with van der Waals surface area (Å²) >= 11 is 0. The Balaban J connectivity index is 3.06. The first kappa shape index (κ1) is 11.9. The average molecular weight is 205 g/mol. The van der Waals surface area contributed by atoms with E-state index in [2.05, 4.69) is 37.0 Å². The van der Waals surface area contributed by atoms with Crippen molar-refractivity contribution >= 4 is 11.4 Å². The Bertz CT molecular complexity index is 356. The van der Waals surface area contributed by atoms with Gasteiger partial charge in [-0.1, -0.05) is 25.1 Å². The van der Waals surface area contributed by atoms with Gasteiger partial charge in [0.1, 0.15) is 0 Å². The molecule has 0 N–H and O–H groups in total. The fourth-order valence-electron chi connectivity index (χ4n) is 1.60. The van der Waals surface area contributed by atoms with Gasteiger partial charge in [0.25, 0.3) is 0 Å². The number of aliphatic imine (C=N–C) groups is 1. The van der Waals surface area contributed by atoms with E-state index in [0.29, 0.717) is 6.61 Å². The summed E-state index contributed by atoms with van der Waals surface area (Å²) in [4.78, 5) is 4.61.